The van der Waals surface area contributed by atoms with Crippen molar-refractivity contribution in [2.24, 2.45) is 0 Å². The summed E-state index contributed by atoms with van der Waals surface area (Å²) in [6.07, 6.45) is 0. The number of fused-ring (bicyclic) bond motifs is 13. The number of aromatic nitrogens is 6. The molecule has 5 aromatic heterocycles. The Morgan fingerprint density at radius 1 is 0.314 bits per heavy atom. The lowest BCUT2D eigenvalue weighted by Crippen LogP contribution is -2.02. The number of nitrogens with zero attached hydrogens (tertiary/aromatic N) is 6. The first-order valence-electron chi connectivity index (χ1n) is 23.6. The summed E-state index contributed by atoms with van der Waals surface area (Å²) in [6, 6.07) is 82.6. The van der Waals surface area contributed by atoms with E-state index < -0.39 is 0 Å². The molecule has 0 aliphatic rings. The Bertz CT molecular complexity index is 4470. The molecule has 0 saturated heterocycles. The first-order valence-corrected chi connectivity index (χ1v) is 24.4. The van der Waals surface area contributed by atoms with Gasteiger partial charge in [-0.05, 0) is 60.7 Å². The maximum atomic E-state index is 5.29. The molecule has 15 aromatic rings. The van der Waals surface area contributed by atoms with Crippen molar-refractivity contribution in [3.63, 3.8) is 0 Å². The fraction of sp³-hybridized carbons (Fsp3) is 0. The number of benzene rings is 10. The van der Waals surface area contributed by atoms with Crippen molar-refractivity contribution in [2.45, 2.75) is 0 Å². The molecule has 0 radical (unpaired) electrons. The van der Waals surface area contributed by atoms with Crippen molar-refractivity contribution >= 4 is 96.9 Å². The van der Waals surface area contributed by atoms with E-state index in [1.165, 1.54) is 53.4 Å². The van der Waals surface area contributed by atoms with Gasteiger partial charge in [-0.15, -0.1) is 11.3 Å². The van der Waals surface area contributed by atoms with E-state index in [1.807, 2.05) is 47.7 Å². The molecule has 0 amide bonds. The normalized spacial score (nSPS) is 12.0. The topological polar surface area (TPSA) is 53.5 Å². The van der Waals surface area contributed by atoms with Gasteiger partial charge in [-0.3, -0.25) is 0 Å². The highest BCUT2D eigenvalue weighted by Crippen LogP contribution is 2.49. The zero-order valence-electron chi connectivity index (χ0n) is 37.5. The minimum absolute atomic E-state index is 0.637. The van der Waals surface area contributed by atoms with Gasteiger partial charge in [0, 0.05) is 70.2 Å². The third kappa shape index (κ3) is 5.64. The summed E-state index contributed by atoms with van der Waals surface area (Å²) in [5, 5.41) is 9.50. The highest BCUT2D eigenvalue weighted by atomic mass is 32.1. The van der Waals surface area contributed by atoms with Crippen LogP contribution in [0, 0.1) is 0 Å². The summed E-state index contributed by atoms with van der Waals surface area (Å²) >= 11 is 1.83. The monoisotopic (exact) mass is 910 g/mol. The first-order chi connectivity index (χ1) is 34.8. The predicted molar refractivity (Wildman–Crippen MR) is 292 cm³/mol. The van der Waals surface area contributed by atoms with Crippen molar-refractivity contribution < 1.29 is 0 Å². The molecule has 10 aromatic carbocycles. The molecule has 0 saturated carbocycles. The lowest BCUT2D eigenvalue weighted by molar-refractivity contribution is 1.08. The molecule has 70 heavy (non-hydrogen) atoms. The van der Waals surface area contributed by atoms with Crippen LogP contribution in [0.4, 0.5) is 0 Å². The van der Waals surface area contributed by atoms with Crippen molar-refractivity contribution in [3.8, 4) is 51.2 Å². The number of thiophene rings is 1. The molecular weight excluding hydrogens is 873 g/mol. The van der Waals surface area contributed by atoms with Gasteiger partial charge in [-0.2, -0.15) is 0 Å². The van der Waals surface area contributed by atoms with E-state index >= 15 is 0 Å². The smallest absolute Gasteiger partial charge is 0.164 e. The molecule has 5 heterocycles. The summed E-state index contributed by atoms with van der Waals surface area (Å²) in [5.74, 6) is 1.91. The Hall–Kier alpha value is -9.17. The van der Waals surface area contributed by atoms with E-state index in [2.05, 4.69) is 208 Å². The van der Waals surface area contributed by atoms with Crippen LogP contribution in [0.1, 0.15) is 0 Å². The highest BCUT2D eigenvalue weighted by molar-refractivity contribution is 7.26. The molecule has 0 bridgehead atoms. The van der Waals surface area contributed by atoms with E-state index in [1.54, 1.807) is 0 Å². The summed E-state index contributed by atoms with van der Waals surface area (Å²) < 4.78 is 9.90. The number of hydrogen-bond acceptors (Lipinski definition) is 4. The molecule has 6 nitrogen and oxygen atoms in total. The molecule has 326 valence electrons. The van der Waals surface area contributed by atoms with Gasteiger partial charge in [-0.25, -0.2) is 15.0 Å². The molecule has 0 unspecified atom stereocenters. The lowest BCUT2D eigenvalue weighted by Gasteiger charge is -2.16. The van der Waals surface area contributed by atoms with Crippen LogP contribution in [0.15, 0.2) is 231 Å². The minimum atomic E-state index is 0.637. The Labute approximate surface area is 405 Å². The standard InChI is InChI=1S/C63H38N6S/c1-4-20-39(21-5-1)61-64-62(40-22-6-2-7-23-40)66-63(65-61)47-36-37-53(60-56(47)46-30-14-19-35-55(46)70-60)69-51-33-17-12-28-44(51)48-38-54(68-49-31-15-10-26-42(49)43-27-11-16-32-50(43)68)57-45-29-13-18-34-52(45)67(59(57)58(48)69)41-24-8-3-9-25-41/h1-38H. The second-order valence-corrected chi connectivity index (χ2v) is 19.0. The van der Waals surface area contributed by atoms with Gasteiger partial charge in [0.1, 0.15) is 0 Å². The van der Waals surface area contributed by atoms with Gasteiger partial charge >= 0.3 is 0 Å². The Balaban J connectivity index is 1.11. The van der Waals surface area contributed by atoms with Crippen LogP contribution in [0.3, 0.4) is 0 Å². The van der Waals surface area contributed by atoms with Crippen LogP contribution in [-0.4, -0.2) is 28.7 Å². The third-order valence-corrected chi connectivity index (χ3v) is 15.3. The number of rotatable bonds is 6. The van der Waals surface area contributed by atoms with E-state index in [9.17, 15) is 0 Å². The summed E-state index contributed by atoms with van der Waals surface area (Å²) in [4.78, 5) is 15.6. The quantitative estimate of drug-likeness (QED) is 0.167. The van der Waals surface area contributed by atoms with E-state index in [4.69, 9.17) is 15.0 Å². The van der Waals surface area contributed by atoms with E-state index in [-0.39, 0.29) is 0 Å². The maximum Gasteiger partial charge on any atom is 0.164 e. The van der Waals surface area contributed by atoms with Gasteiger partial charge in [-0.1, -0.05) is 170 Å². The second kappa shape index (κ2) is 15.2. The van der Waals surface area contributed by atoms with E-state index in [0.29, 0.717) is 17.5 Å². The predicted octanol–water partition coefficient (Wildman–Crippen LogP) is 16.5. The van der Waals surface area contributed by atoms with Crippen LogP contribution in [0.5, 0.6) is 0 Å². The molecule has 0 aliphatic carbocycles. The van der Waals surface area contributed by atoms with Gasteiger partial charge in [0.25, 0.3) is 0 Å². The zero-order valence-corrected chi connectivity index (χ0v) is 38.3. The minimum Gasteiger partial charge on any atom is -0.309 e. The van der Waals surface area contributed by atoms with Gasteiger partial charge in [0.15, 0.2) is 17.5 Å². The van der Waals surface area contributed by atoms with Crippen LogP contribution in [0.25, 0.3) is 137 Å². The maximum absolute atomic E-state index is 5.29. The van der Waals surface area contributed by atoms with Crippen LogP contribution >= 0.6 is 11.3 Å². The molecule has 0 atom stereocenters. The van der Waals surface area contributed by atoms with Crippen LogP contribution in [-0.2, 0) is 0 Å². The third-order valence-electron chi connectivity index (χ3n) is 14.1. The fourth-order valence-electron chi connectivity index (χ4n) is 11.1. The van der Waals surface area contributed by atoms with Gasteiger partial charge < -0.3 is 13.7 Å². The SMILES string of the molecule is c1ccc(-c2nc(-c3ccccc3)nc(-c3ccc(-n4c5ccccc5c5cc(-n6c7ccccc7c7ccccc76)c6c7ccccc7n(-c7ccccc7)c6c54)c4sc5ccccc5c34)n2)cc1. The number of hydrogen-bond donors (Lipinski definition) is 0. The van der Waals surface area contributed by atoms with Crippen LogP contribution in [0.2, 0.25) is 0 Å². The first kappa shape index (κ1) is 38.9. The zero-order chi connectivity index (χ0) is 45.9. The Morgan fingerprint density at radius 2 is 0.786 bits per heavy atom. The average Bonchev–Trinajstić information content (AvgIpc) is 4.18. The average molecular weight is 911 g/mol. The summed E-state index contributed by atoms with van der Waals surface area (Å²) in [6.45, 7) is 0. The molecule has 0 aliphatic heterocycles. The molecular formula is C63H38N6S. The van der Waals surface area contributed by atoms with Crippen molar-refractivity contribution in [2.75, 3.05) is 0 Å². The summed E-state index contributed by atoms with van der Waals surface area (Å²) in [5.41, 5.74) is 13.1. The fourth-order valence-corrected chi connectivity index (χ4v) is 12.4. The van der Waals surface area contributed by atoms with Gasteiger partial charge in [0.2, 0.25) is 0 Å². The molecule has 15 rings (SSSR count). The Morgan fingerprint density at radius 3 is 1.40 bits per heavy atom. The second-order valence-electron chi connectivity index (χ2n) is 17.9. The van der Waals surface area contributed by atoms with E-state index in [0.717, 1.165) is 65.9 Å². The van der Waals surface area contributed by atoms with Crippen molar-refractivity contribution in [3.05, 3.63) is 231 Å². The molecule has 0 fully saturated rings. The number of para-hydroxylation sites is 5. The van der Waals surface area contributed by atoms with Gasteiger partial charge in [0.05, 0.1) is 49.2 Å². The largest absolute Gasteiger partial charge is 0.309 e. The summed E-state index contributed by atoms with van der Waals surface area (Å²) in [7, 11) is 0. The molecule has 0 N–H and O–H groups in total. The van der Waals surface area contributed by atoms with Crippen molar-refractivity contribution in [1.82, 2.24) is 28.7 Å². The highest BCUT2D eigenvalue weighted by Gasteiger charge is 2.28. The molecule has 7 heteroatoms. The lowest BCUT2D eigenvalue weighted by atomic mass is 10.0. The molecule has 0 spiro atoms. The Kier molecular flexibility index (Phi) is 8.43. The van der Waals surface area contributed by atoms with Crippen molar-refractivity contribution in [1.29, 1.82) is 0 Å². The van der Waals surface area contributed by atoms with Crippen LogP contribution < -0.4 is 0 Å².